The van der Waals surface area contributed by atoms with Gasteiger partial charge in [0.1, 0.15) is 11.5 Å². The third kappa shape index (κ3) is 4.92. The van der Waals surface area contributed by atoms with Gasteiger partial charge in [0.15, 0.2) is 11.0 Å². The fraction of sp³-hybridized carbons (Fsp3) is 0.125. The molecule has 1 amide bonds. The molecule has 4 aromatic rings. The second kappa shape index (κ2) is 10.0. The van der Waals surface area contributed by atoms with E-state index in [9.17, 15) is 4.79 Å². The number of benzene rings is 3. The third-order valence-corrected chi connectivity index (χ3v) is 5.58. The van der Waals surface area contributed by atoms with Crippen LogP contribution < -0.4 is 14.8 Å². The van der Waals surface area contributed by atoms with E-state index in [1.54, 1.807) is 20.3 Å². The van der Waals surface area contributed by atoms with E-state index in [4.69, 9.17) is 9.47 Å². The first-order chi connectivity index (χ1) is 15.7. The van der Waals surface area contributed by atoms with Crippen molar-refractivity contribution in [2.45, 2.75) is 5.16 Å². The number of ether oxygens (including phenoxy) is 2. The molecule has 32 heavy (non-hydrogen) atoms. The van der Waals surface area contributed by atoms with Crippen molar-refractivity contribution < 1.29 is 14.3 Å². The lowest BCUT2D eigenvalue weighted by Crippen LogP contribution is -2.14. The lowest BCUT2D eigenvalue weighted by atomic mass is 10.2. The zero-order valence-corrected chi connectivity index (χ0v) is 18.5. The van der Waals surface area contributed by atoms with Crippen molar-refractivity contribution in [1.82, 2.24) is 14.8 Å². The quantitative estimate of drug-likeness (QED) is 0.396. The van der Waals surface area contributed by atoms with E-state index in [-0.39, 0.29) is 11.7 Å². The molecule has 0 bridgehead atoms. The van der Waals surface area contributed by atoms with Gasteiger partial charge in [-0.05, 0) is 36.4 Å². The highest BCUT2D eigenvalue weighted by molar-refractivity contribution is 7.99. The van der Waals surface area contributed by atoms with Gasteiger partial charge < -0.3 is 14.8 Å². The second-order valence-electron chi connectivity index (χ2n) is 6.78. The molecule has 3 aromatic carbocycles. The number of hydrogen-bond acceptors (Lipinski definition) is 6. The number of thioether (sulfide) groups is 1. The third-order valence-electron chi connectivity index (χ3n) is 4.65. The number of aromatic nitrogens is 3. The van der Waals surface area contributed by atoms with Gasteiger partial charge in [0.05, 0.1) is 20.0 Å². The second-order valence-corrected chi connectivity index (χ2v) is 7.72. The SMILES string of the molecule is COc1cc(OC)cc(-c2nnc(SCC(=O)Nc3ccccc3)n2-c2ccccc2)c1. The molecule has 1 aromatic heterocycles. The van der Waals surface area contributed by atoms with Crippen molar-refractivity contribution >= 4 is 23.4 Å². The number of carbonyl (C=O) groups excluding carboxylic acids is 1. The van der Waals surface area contributed by atoms with Gasteiger partial charge in [-0.3, -0.25) is 9.36 Å². The van der Waals surface area contributed by atoms with Crippen LogP contribution in [-0.2, 0) is 4.79 Å². The lowest BCUT2D eigenvalue weighted by molar-refractivity contribution is -0.113. The van der Waals surface area contributed by atoms with E-state index in [1.165, 1.54) is 11.8 Å². The van der Waals surface area contributed by atoms with Crippen molar-refractivity contribution in [3.8, 4) is 28.6 Å². The molecule has 0 radical (unpaired) electrons. The molecule has 0 aliphatic carbocycles. The summed E-state index contributed by atoms with van der Waals surface area (Å²) in [6.07, 6.45) is 0. The molecule has 0 saturated heterocycles. The molecule has 0 atom stereocenters. The van der Waals surface area contributed by atoms with Crippen molar-refractivity contribution in [2.75, 3.05) is 25.3 Å². The topological polar surface area (TPSA) is 78.3 Å². The van der Waals surface area contributed by atoms with Crippen LogP contribution in [0.5, 0.6) is 11.5 Å². The molecule has 0 aliphatic heterocycles. The summed E-state index contributed by atoms with van der Waals surface area (Å²) in [5.41, 5.74) is 2.44. The van der Waals surface area contributed by atoms with Crippen LogP contribution >= 0.6 is 11.8 Å². The summed E-state index contributed by atoms with van der Waals surface area (Å²) in [6, 6.07) is 24.7. The first kappa shape index (κ1) is 21.5. The van der Waals surface area contributed by atoms with Crippen molar-refractivity contribution in [3.63, 3.8) is 0 Å². The Labute approximate surface area is 190 Å². The molecule has 7 nitrogen and oxygen atoms in total. The van der Waals surface area contributed by atoms with Crippen LogP contribution in [0.1, 0.15) is 0 Å². The highest BCUT2D eigenvalue weighted by atomic mass is 32.2. The van der Waals surface area contributed by atoms with Crippen molar-refractivity contribution in [2.24, 2.45) is 0 Å². The number of amides is 1. The van der Waals surface area contributed by atoms with E-state index in [2.05, 4.69) is 15.5 Å². The Bertz CT molecular complexity index is 1170. The predicted molar refractivity (Wildman–Crippen MR) is 126 cm³/mol. The van der Waals surface area contributed by atoms with E-state index in [0.717, 1.165) is 16.9 Å². The Kier molecular flexibility index (Phi) is 6.72. The van der Waals surface area contributed by atoms with Gasteiger partial charge in [-0.15, -0.1) is 10.2 Å². The Morgan fingerprint density at radius 3 is 2.16 bits per heavy atom. The highest BCUT2D eigenvalue weighted by Gasteiger charge is 2.18. The van der Waals surface area contributed by atoms with Crippen LogP contribution in [0, 0.1) is 0 Å². The number of nitrogens with one attached hydrogen (secondary N) is 1. The molecule has 8 heteroatoms. The van der Waals surface area contributed by atoms with Gasteiger partial charge in [0.2, 0.25) is 5.91 Å². The largest absolute Gasteiger partial charge is 0.497 e. The average molecular weight is 447 g/mol. The fourth-order valence-electron chi connectivity index (χ4n) is 3.15. The van der Waals surface area contributed by atoms with Gasteiger partial charge in [0, 0.05) is 23.0 Å². The minimum atomic E-state index is -0.117. The predicted octanol–water partition coefficient (Wildman–Crippen LogP) is 4.68. The number of carbonyl (C=O) groups is 1. The average Bonchev–Trinajstić information content (AvgIpc) is 3.27. The molecular weight excluding hydrogens is 424 g/mol. The van der Waals surface area contributed by atoms with Gasteiger partial charge in [0.25, 0.3) is 0 Å². The zero-order valence-electron chi connectivity index (χ0n) is 17.7. The number of rotatable bonds is 8. The van der Waals surface area contributed by atoms with Crippen LogP contribution in [0.3, 0.4) is 0 Å². The number of hydrogen-bond donors (Lipinski definition) is 1. The van der Waals surface area contributed by atoms with E-state index < -0.39 is 0 Å². The summed E-state index contributed by atoms with van der Waals surface area (Å²) < 4.78 is 12.7. The molecule has 4 rings (SSSR count). The van der Waals surface area contributed by atoms with Gasteiger partial charge in [-0.1, -0.05) is 48.2 Å². The summed E-state index contributed by atoms with van der Waals surface area (Å²) >= 11 is 1.32. The maximum atomic E-state index is 12.5. The Hall–Kier alpha value is -3.78. The Balaban J connectivity index is 1.65. The first-order valence-corrected chi connectivity index (χ1v) is 10.9. The van der Waals surface area contributed by atoms with Gasteiger partial charge in [-0.2, -0.15) is 0 Å². The maximum Gasteiger partial charge on any atom is 0.234 e. The van der Waals surface area contributed by atoms with Crippen LogP contribution in [0.15, 0.2) is 84.0 Å². The summed E-state index contributed by atoms with van der Waals surface area (Å²) in [5, 5.41) is 12.3. The van der Waals surface area contributed by atoms with Gasteiger partial charge in [-0.25, -0.2) is 0 Å². The minimum Gasteiger partial charge on any atom is -0.497 e. The van der Waals surface area contributed by atoms with Crippen LogP contribution in [0.25, 0.3) is 17.1 Å². The normalized spacial score (nSPS) is 10.6. The summed E-state index contributed by atoms with van der Waals surface area (Å²) in [7, 11) is 3.21. The summed E-state index contributed by atoms with van der Waals surface area (Å²) in [4.78, 5) is 12.5. The Morgan fingerprint density at radius 2 is 1.53 bits per heavy atom. The van der Waals surface area contributed by atoms with Crippen molar-refractivity contribution in [1.29, 1.82) is 0 Å². The Morgan fingerprint density at radius 1 is 0.906 bits per heavy atom. The lowest BCUT2D eigenvalue weighted by Gasteiger charge is -2.12. The van der Waals surface area contributed by atoms with E-state index in [1.807, 2.05) is 77.4 Å². The molecule has 1 heterocycles. The molecule has 0 saturated carbocycles. The zero-order chi connectivity index (χ0) is 22.3. The molecule has 162 valence electrons. The monoisotopic (exact) mass is 446 g/mol. The number of methoxy groups -OCH3 is 2. The van der Waals surface area contributed by atoms with Crippen LogP contribution in [-0.4, -0.2) is 40.6 Å². The molecule has 0 fully saturated rings. The molecule has 1 N–H and O–H groups in total. The number of nitrogens with zero attached hydrogens (tertiary/aromatic N) is 3. The smallest absolute Gasteiger partial charge is 0.234 e. The first-order valence-electron chi connectivity index (χ1n) is 9.90. The van der Waals surface area contributed by atoms with E-state index >= 15 is 0 Å². The minimum absolute atomic E-state index is 0.117. The van der Waals surface area contributed by atoms with Gasteiger partial charge >= 0.3 is 0 Å². The van der Waals surface area contributed by atoms with Crippen LogP contribution in [0.2, 0.25) is 0 Å². The number of para-hydroxylation sites is 2. The molecule has 0 unspecified atom stereocenters. The van der Waals surface area contributed by atoms with Crippen molar-refractivity contribution in [3.05, 3.63) is 78.9 Å². The summed E-state index contributed by atoms with van der Waals surface area (Å²) in [5.74, 6) is 2.01. The molecule has 0 aliphatic rings. The number of anilines is 1. The molecule has 0 spiro atoms. The van der Waals surface area contributed by atoms with E-state index in [0.29, 0.717) is 22.5 Å². The van der Waals surface area contributed by atoms with Crippen LogP contribution in [0.4, 0.5) is 5.69 Å². The maximum absolute atomic E-state index is 12.5. The molecular formula is C24H22N4O3S. The standard InChI is InChI=1S/C24H22N4O3S/c1-30-20-13-17(14-21(15-20)31-2)23-26-27-24(28(23)19-11-7-4-8-12-19)32-16-22(29)25-18-9-5-3-6-10-18/h3-15H,16H2,1-2H3,(H,25,29). The highest BCUT2D eigenvalue weighted by Crippen LogP contribution is 2.32. The fourth-order valence-corrected chi connectivity index (χ4v) is 3.90. The summed E-state index contributed by atoms with van der Waals surface area (Å²) in [6.45, 7) is 0.